The standard InChI is InChI=1S/C14H10F3N5S/c15-14(16,17)8-1-3-9(4-2-8)21-13-20-7-11(23-13)10-5-6-19-12(18)22-10/h1-7H,(H,20,21)(H2,18,19,22). The van der Waals surface area contributed by atoms with Crippen LogP contribution in [0.15, 0.2) is 42.7 Å². The quantitative estimate of drug-likeness (QED) is 0.757. The highest BCUT2D eigenvalue weighted by molar-refractivity contribution is 7.18. The highest BCUT2D eigenvalue weighted by Gasteiger charge is 2.29. The predicted molar refractivity (Wildman–Crippen MR) is 82.3 cm³/mol. The van der Waals surface area contributed by atoms with E-state index in [0.717, 1.165) is 17.0 Å². The van der Waals surface area contributed by atoms with Gasteiger partial charge in [-0.15, -0.1) is 0 Å². The second kappa shape index (κ2) is 5.84. The molecule has 0 fully saturated rings. The molecule has 5 nitrogen and oxygen atoms in total. The number of alkyl halides is 3. The molecule has 3 aromatic rings. The molecule has 0 aliphatic heterocycles. The van der Waals surface area contributed by atoms with Gasteiger partial charge in [0.1, 0.15) is 0 Å². The third-order valence-corrected chi connectivity index (χ3v) is 3.83. The largest absolute Gasteiger partial charge is 0.416 e. The minimum atomic E-state index is -4.35. The van der Waals surface area contributed by atoms with Gasteiger partial charge in [-0.1, -0.05) is 11.3 Å². The first kappa shape index (κ1) is 15.2. The summed E-state index contributed by atoms with van der Waals surface area (Å²) in [6, 6.07) is 6.44. The van der Waals surface area contributed by atoms with Crippen molar-refractivity contribution in [2.24, 2.45) is 0 Å². The predicted octanol–water partition coefficient (Wildman–Crippen LogP) is 3.94. The minimum Gasteiger partial charge on any atom is -0.368 e. The molecule has 2 heterocycles. The van der Waals surface area contributed by atoms with E-state index in [1.165, 1.54) is 23.5 Å². The Bertz CT molecular complexity index is 814. The summed E-state index contributed by atoms with van der Waals surface area (Å²) in [6.07, 6.45) is -1.20. The average molecular weight is 337 g/mol. The smallest absolute Gasteiger partial charge is 0.368 e. The van der Waals surface area contributed by atoms with E-state index in [4.69, 9.17) is 5.73 Å². The van der Waals surface area contributed by atoms with Crippen molar-refractivity contribution in [3.8, 4) is 10.6 Å². The lowest BCUT2D eigenvalue weighted by atomic mass is 10.2. The zero-order valence-corrected chi connectivity index (χ0v) is 12.3. The van der Waals surface area contributed by atoms with Crippen molar-refractivity contribution >= 4 is 28.1 Å². The molecule has 0 unspecified atom stereocenters. The van der Waals surface area contributed by atoms with Crippen molar-refractivity contribution in [1.82, 2.24) is 15.0 Å². The van der Waals surface area contributed by atoms with Gasteiger partial charge in [-0.2, -0.15) is 13.2 Å². The molecule has 23 heavy (non-hydrogen) atoms. The Hall–Kier alpha value is -2.68. The van der Waals surface area contributed by atoms with Gasteiger partial charge in [0.15, 0.2) is 5.13 Å². The number of rotatable bonds is 3. The molecule has 0 atom stereocenters. The summed E-state index contributed by atoms with van der Waals surface area (Å²) >= 11 is 1.31. The van der Waals surface area contributed by atoms with E-state index in [1.54, 1.807) is 18.5 Å². The number of anilines is 3. The van der Waals surface area contributed by atoms with Crippen LogP contribution in [0, 0.1) is 0 Å². The fourth-order valence-corrected chi connectivity index (χ4v) is 2.63. The maximum absolute atomic E-state index is 12.5. The van der Waals surface area contributed by atoms with Crippen LogP contribution in [-0.2, 0) is 6.18 Å². The normalized spacial score (nSPS) is 11.4. The van der Waals surface area contributed by atoms with Crippen LogP contribution in [0.25, 0.3) is 10.6 Å². The lowest BCUT2D eigenvalue weighted by molar-refractivity contribution is -0.137. The van der Waals surface area contributed by atoms with Gasteiger partial charge < -0.3 is 11.1 Å². The Labute approximate surface area is 133 Å². The highest BCUT2D eigenvalue weighted by Crippen LogP contribution is 2.32. The summed E-state index contributed by atoms with van der Waals surface area (Å²) < 4.78 is 37.6. The molecule has 9 heteroatoms. The number of nitrogen functional groups attached to an aromatic ring is 1. The van der Waals surface area contributed by atoms with Crippen LogP contribution in [-0.4, -0.2) is 15.0 Å². The van der Waals surface area contributed by atoms with Crippen LogP contribution < -0.4 is 11.1 Å². The lowest BCUT2D eigenvalue weighted by Crippen LogP contribution is -2.04. The zero-order valence-electron chi connectivity index (χ0n) is 11.5. The van der Waals surface area contributed by atoms with Crippen molar-refractivity contribution in [2.45, 2.75) is 6.18 Å². The Kier molecular flexibility index (Phi) is 3.87. The molecule has 0 radical (unpaired) electrons. The lowest BCUT2D eigenvalue weighted by Gasteiger charge is -2.07. The van der Waals surface area contributed by atoms with Crippen molar-refractivity contribution in [3.05, 3.63) is 48.3 Å². The third kappa shape index (κ3) is 3.57. The summed E-state index contributed by atoms with van der Waals surface area (Å²) in [7, 11) is 0. The minimum absolute atomic E-state index is 0.160. The summed E-state index contributed by atoms with van der Waals surface area (Å²) in [6.45, 7) is 0. The molecular weight excluding hydrogens is 327 g/mol. The Morgan fingerprint density at radius 3 is 2.43 bits per heavy atom. The van der Waals surface area contributed by atoms with Crippen LogP contribution in [0.5, 0.6) is 0 Å². The van der Waals surface area contributed by atoms with Crippen molar-refractivity contribution in [1.29, 1.82) is 0 Å². The molecule has 3 rings (SSSR count). The summed E-state index contributed by atoms with van der Waals surface area (Å²) in [4.78, 5) is 12.8. The van der Waals surface area contributed by atoms with Gasteiger partial charge in [-0.3, -0.25) is 0 Å². The molecule has 0 aliphatic rings. The van der Waals surface area contributed by atoms with Gasteiger partial charge in [-0.25, -0.2) is 15.0 Å². The van der Waals surface area contributed by atoms with E-state index in [1.807, 2.05) is 0 Å². The molecule has 0 bridgehead atoms. The maximum Gasteiger partial charge on any atom is 0.416 e. The maximum atomic E-state index is 12.5. The number of hydrogen-bond acceptors (Lipinski definition) is 6. The van der Waals surface area contributed by atoms with E-state index in [2.05, 4.69) is 20.3 Å². The molecule has 0 saturated heterocycles. The number of nitrogens with two attached hydrogens (primary N) is 1. The summed E-state index contributed by atoms with van der Waals surface area (Å²) in [5, 5.41) is 3.49. The molecule has 3 N–H and O–H groups in total. The SMILES string of the molecule is Nc1nccc(-c2cnc(Nc3ccc(C(F)(F)F)cc3)s2)n1. The second-order valence-electron chi connectivity index (χ2n) is 4.53. The summed E-state index contributed by atoms with van der Waals surface area (Å²) in [5.41, 5.74) is 5.98. The zero-order chi connectivity index (χ0) is 16.4. The molecule has 0 amide bonds. The monoisotopic (exact) mass is 337 g/mol. The first-order valence-corrected chi connectivity index (χ1v) is 7.22. The molecule has 0 aliphatic carbocycles. The average Bonchev–Trinajstić information content (AvgIpc) is 2.95. The molecule has 118 valence electrons. The molecule has 0 saturated carbocycles. The summed E-state index contributed by atoms with van der Waals surface area (Å²) in [5.74, 6) is 0.160. The van der Waals surface area contributed by atoms with Crippen molar-refractivity contribution in [3.63, 3.8) is 0 Å². The van der Waals surface area contributed by atoms with Crippen LogP contribution in [0.3, 0.4) is 0 Å². The van der Waals surface area contributed by atoms with E-state index in [0.29, 0.717) is 16.5 Å². The number of thiazole rings is 1. The Morgan fingerprint density at radius 1 is 1.04 bits per heavy atom. The van der Waals surface area contributed by atoms with Gasteiger partial charge in [-0.05, 0) is 30.3 Å². The number of nitrogens with one attached hydrogen (secondary N) is 1. The number of nitrogens with zero attached hydrogens (tertiary/aromatic N) is 3. The molecule has 0 spiro atoms. The number of aromatic nitrogens is 3. The highest BCUT2D eigenvalue weighted by atomic mass is 32.1. The van der Waals surface area contributed by atoms with Gasteiger partial charge in [0.25, 0.3) is 0 Å². The van der Waals surface area contributed by atoms with Crippen LogP contribution in [0.2, 0.25) is 0 Å². The number of hydrogen-bond donors (Lipinski definition) is 2. The van der Waals surface area contributed by atoms with Crippen molar-refractivity contribution in [2.75, 3.05) is 11.1 Å². The van der Waals surface area contributed by atoms with Gasteiger partial charge in [0.05, 0.1) is 16.1 Å². The molecular formula is C14H10F3N5S. The van der Waals surface area contributed by atoms with Gasteiger partial charge in [0, 0.05) is 18.1 Å². The van der Waals surface area contributed by atoms with E-state index < -0.39 is 11.7 Å². The van der Waals surface area contributed by atoms with E-state index in [-0.39, 0.29) is 5.95 Å². The van der Waals surface area contributed by atoms with Crippen molar-refractivity contribution < 1.29 is 13.2 Å². The first-order valence-electron chi connectivity index (χ1n) is 6.41. The molecule has 1 aromatic carbocycles. The third-order valence-electron chi connectivity index (χ3n) is 2.90. The van der Waals surface area contributed by atoms with Crippen LogP contribution in [0.1, 0.15) is 5.56 Å². The Balaban J connectivity index is 1.77. The van der Waals surface area contributed by atoms with Gasteiger partial charge >= 0.3 is 6.18 Å². The number of benzene rings is 1. The van der Waals surface area contributed by atoms with E-state index >= 15 is 0 Å². The fraction of sp³-hybridized carbons (Fsp3) is 0.0714. The molecule has 2 aromatic heterocycles. The van der Waals surface area contributed by atoms with Gasteiger partial charge in [0.2, 0.25) is 5.95 Å². The van der Waals surface area contributed by atoms with Crippen LogP contribution >= 0.6 is 11.3 Å². The first-order chi connectivity index (χ1) is 10.9. The Morgan fingerprint density at radius 2 is 1.78 bits per heavy atom. The van der Waals surface area contributed by atoms with Crippen LogP contribution in [0.4, 0.5) is 29.9 Å². The fourth-order valence-electron chi connectivity index (χ4n) is 1.83. The topological polar surface area (TPSA) is 76.7 Å². The van der Waals surface area contributed by atoms with E-state index in [9.17, 15) is 13.2 Å². The number of halogens is 3. The second-order valence-corrected chi connectivity index (χ2v) is 5.56.